The molecule has 2 heterocycles. The minimum Gasteiger partial charge on any atom is -0.369 e. The largest absolute Gasteiger partial charge is 0.369 e. The Labute approximate surface area is 161 Å². The molecule has 0 aromatic heterocycles. The predicted molar refractivity (Wildman–Crippen MR) is 105 cm³/mol. The van der Waals surface area contributed by atoms with Gasteiger partial charge in [-0.25, -0.2) is 8.78 Å². The van der Waals surface area contributed by atoms with Gasteiger partial charge >= 0.3 is 0 Å². The van der Waals surface area contributed by atoms with Gasteiger partial charge in [-0.3, -0.25) is 14.6 Å². The Kier molecular flexibility index (Phi) is 7.19. The lowest BCUT2D eigenvalue weighted by molar-refractivity contribution is -0.118. The van der Waals surface area contributed by atoms with Crippen molar-refractivity contribution in [2.24, 2.45) is 5.92 Å². The van der Waals surface area contributed by atoms with Crippen molar-refractivity contribution in [1.29, 1.82) is 0 Å². The van der Waals surface area contributed by atoms with E-state index in [0.717, 1.165) is 57.4 Å². The Morgan fingerprint density at radius 3 is 2.41 bits per heavy atom. The summed E-state index contributed by atoms with van der Waals surface area (Å²) in [6.45, 7) is 9.22. The number of piperazine rings is 1. The molecule has 0 unspecified atom stereocenters. The molecule has 4 nitrogen and oxygen atoms in total. The summed E-state index contributed by atoms with van der Waals surface area (Å²) in [4.78, 5) is 18.2. The fourth-order valence-corrected chi connectivity index (χ4v) is 4.20. The normalized spacial score (nSPS) is 20.4. The quantitative estimate of drug-likeness (QED) is 0.725. The van der Waals surface area contributed by atoms with Crippen molar-refractivity contribution in [2.45, 2.75) is 32.6 Å². The van der Waals surface area contributed by atoms with Gasteiger partial charge in [0.1, 0.15) is 5.78 Å². The Morgan fingerprint density at radius 1 is 1.07 bits per heavy atom. The van der Waals surface area contributed by atoms with Crippen LogP contribution in [0.25, 0.3) is 0 Å². The van der Waals surface area contributed by atoms with E-state index >= 15 is 0 Å². The first-order chi connectivity index (χ1) is 13.0. The number of benzene rings is 1. The third kappa shape index (κ3) is 5.98. The number of hydrogen-bond acceptors (Lipinski definition) is 4. The van der Waals surface area contributed by atoms with E-state index in [-0.39, 0.29) is 11.3 Å². The molecule has 0 bridgehead atoms. The number of carbonyl (C=O) groups excluding carboxylic acids is 1. The van der Waals surface area contributed by atoms with Crippen molar-refractivity contribution in [3.05, 3.63) is 29.8 Å². The van der Waals surface area contributed by atoms with Gasteiger partial charge in [-0.1, -0.05) is 12.1 Å². The minimum atomic E-state index is -2.41. The summed E-state index contributed by atoms with van der Waals surface area (Å²) in [7, 11) is 0. The van der Waals surface area contributed by atoms with Crippen molar-refractivity contribution in [2.75, 3.05) is 57.3 Å². The molecule has 2 saturated heterocycles. The summed E-state index contributed by atoms with van der Waals surface area (Å²) >= 11 is 0. The van der Waals surface area contributed by atoms with Gasteiger partial charge in [0, 0.05) is 37.4 Å². The first kappa shape index (κ1) is 20.2. The zero-order valence-electron chi connectivity index (χ0n) is 16.2. The molecule has 27 heavy (non-hydrogen) atoms. The number of piperidine rings is 1. The molecule has 2 aliphatic rings. The number of ketones is 1. The third-order valence-corrected chi connectivity index (χ3v) is 5.87. The van der Waals surface area contributed by atoms with Crippen LogP contribution < -0.4 is 4.90 Å². The number of hydrogen-bond donors (Lipinski definition) is 0. The molecule has 6 heteroatoms. The Morgan fingerprint density at radius 2 is 1.78 bits per heavy atom. The second-order valence-corrected chi connectivity index (χ2v) is 7.93. The number of halogens is 2. The standard InChI is InChI=1S/C21H31F2N3O/c1-17(27)16-25-9-6-18(7-10-25)5-8-24-11-13-26(14-12-24)20-4-2-3-19(15-20)21(22)23/h2-4,15,18,21H,5-14,16H2,1H3. The highest BCUT2D eigenvalue weighted by Crippen LogP contribution is 2.25. The average Bonchev–Trinajstić information content (AvgIpc) is 2.67. The van der Waals surface area contributed by atoms with Gasteiger partial charge in [-0.15, -0.1) is 0 Å². The Bertz CT molecular complexity index is 609. The zero-order chi connectivity index (χ0) is 19.2. The average molecular weight is 379 g/mol. The first-order valence-corrected chi connectivity index (χ1v) is 10.1. The number of carbonyl (C=O) groups is 1. The van der Waals surface area contributed by atoms with Crippen molar-refractivity contribution in [1.82, 2.24) is 9.80 Å². The highest BCUT2D eigenvalue weighted by molar-refractivity contribution is 5.77. The Hall–Kier alpha value is -1.53. The van der Waals surface area contributed by atoms with Crippen LogP contribution in [0, 0.1) is 5.92 Å². The number of nitrogens with zero attached hydrogens (tertiary/aromatic N) is 3. The topological polar surface area (TPSA) is 26.8 Å². The van der Waals surface area contributed by atoms with E-state index in [0.29, 0.717) is 6.54 Å². The van der Waals surface area contributed by atoms with Gasteiger partial charge in [0.15, 0.2) is 0 Å². The van der Waals surface area contributed by atoms with Crippen LogP contribution in [0.15, 0.2) is 24.3 Å². The molecule has 0 saturated carbocycles. The Balaban J connectivity index is 1.38. The van der Waals surface area contributed by atoms with Gasteiger partial charge in [-0.05, 0) is 63.9 Å². The molecule has 2 aliphatic heterocycles. The predicted octanol–water partition coefficient (Wildman–Crippen LogP) is 3.44. The van der Waals surface area contributed by atoms with Crippen molar-refractivity contribution < 1.29 is 13.6 Å². The molecule has 3 rings (SSSR count). The van der Waals surface area contributed by atoms with E-state index in [1.165, 1.54) is 25.3 Å². The molecular formula is C21H31F2N3O. The lowest BCUT2D eigenvalue weighted by atomic mass is 9.93. The SMILES string of the molecule is CC(=O)CN1CCC(CCN2CCN(c3cccc(C(F)F)c3)CC2)CC1. The number of likely N-dealkylation sites (tertiary alicyclic amines) is 1. The molecule has 1 aromatic rings. The molecule has 0 spiro atoms. The molecule has 0 radical (unpaired) electrons. The van der Waals surface area contributed by atoms with Crippen LogP contribution in [0.2, 0.25) is 0 Å². The van der Waals surface area contributed by atoms with Crippen molar-refractivity contribution in [3.63, 3.8) is 0 Å². The fourth-order valence-electron chi connectivity index (χ4n) is 4.20. The first-order valence-electron chi connectivity index (χ1n) is 10.1. The summed E-state index contributed by atoms with van der Waals surface area (Å²) in [6.07, 6.45) is 1.18. The third-order valence-electron chi connectivity index (χ3n) is 5.87. The van der Waals surface area contributed by atoms with Crippen LogP contribution in [0.1, 0.15) is 38.2 Å². The number of anilines is 1. The second kappa shape index (κ2) is 9.60. The molecule has 0 amide bonds. The molecule has 0 aliphatic carbocycles. The van der Waals surface area contributed by atoms with E-state index in [1.807, 2.05) is 6.07 Å². The van der Waals surface area contributed by atoms with Crippen LogP contribution in [0.5, 0.6) is 0 Å². The second-order valence-electron chi connectivity index (χ2n) is 7.93. The highest BCUT2D eigenvalue weighted by Gasteiger charge is 2.22. The number of Topliss-reactive ketones (excluding diaryl/α,β-unsaturated/α-hetero) is 1. The summed E-state index contributed by atoms with van der Waals surface area (Å²) < 4.78 is 25.8. The van der Waals surface area contributed by atoms with Crippen LogP contribution in [0.4, 0.5) is 14.5 Å². The van der Waals surface area contributed by atoms with E-state index in [4.69, 9.17) is 0 Å². The van der Waals surface area contributed by atoms with E-state index in [2.05, 4.69) is 14.7 Å². The molecule has 1 aromatic carbocycles. The zero-order valence-corrected chi connectivity index (χ0v) is 16.2. The molecule has 2 fully saturated rings. The monoisotopic (exact) mass is 379 g/mol. The lowest BCUT2D eigenvalue weighted by Gasteiger charge is -2.37. The highest BCUT2D eigenvalue weighted by atomic mass is 19.3. The maximum absolute atomic E-state index is 12.9. The maximum atomic E-state index is 12.9. The van der Waals surface area contributed by atoms with Gasteiger partial charge in [-0.2, -0.15) is 0 Å². The summed E-state index contributed by atoms with van der Waals surface area (Å²) in [5, 5.41) is 0. The fraction of sp³-hybridized carbons (Fsp3) is 0.667. The van der Waals surface area contributed by atoms with Crippen LogP contribution in [-0.2, 0) is 4.79 Å². The number of rotatable bonds is 7. The summed E-state index contributed by atoms with van der Waals surface area (Å²) in [5.41, 5.74) is 1.01. The van der Waals surface area contributed by atoms with Crippen LogP contribution in [0.3, 0.4) is 0 Å². The lowest BCUT2D eigenvalue weighted by Crippen LogP contribution is -2.47. The molecule has 0 atom stereocenters. The molecular weight excluding hydrogens is 348 g/mol. The van der Waals surface area contributed by atoms with Crippen molar-refractivity contribution in [3.8, 4) is 0 Å². The maximum Gasteiger partial charge on any atom is 0.263 e. The molecule has 150 valence electrons. The molecule has 0 N–H and O–H groups in total. The number of alkyl halides is 2. The van der Waals surface area contributed by atoms with Gasteiger partial charge in [0.2, 0.25) is 0 Å². The minimum absolute atomic E-state index is 0.103. The van der Waals surface area contributed by atoms with Gasteiger partial charge < -0.3 is 4.90 Å². The summed E-state index contributed by atoms with van der Waals surface area (Å²) in [6, 6.07) is 6.76. The summed E-state index contributed by atoms with van der Waals surface area (Å²) in [5.74, 6) is 1.01. The van der Waals surface area contributed by atoms with Crippen LogP contribution in [-0.4, -0.2) is 67.9 Å². The van der Waals surface area contributed by atoms with E-state index in [1.54, 1.807) is 19.1 Å². The van der Waals surface area contributed by atoms with Gasteiger partial charge in [0.05, 0.1) is 6.54 Å². The van der Waals surface area contributed by atoms with Crippen LogP contribution >= 0.6 is 0 Å². The van der Waals surface area contributed by atoms with Gasteiger partial charge in [0.25, 0.3) is 6.43 Å². The van der Waals surface area contributed by atoms with E-state index < -0.39 is 6.43 Å². The smallest absolute Gasteiger partial charge is 0.263 e. The van der Waals surface area contributed by atoms with Crippen molar-refractivity contribution >= 4 is 11.5 Å². The van der Waals surface area contributed by atoms with E-state index in [9.17, 15) is 13.6 Å².